The second-order valence-corrected chi connectivity index (χ2v) is 12.5. The van der Waals surface area contributed by atoms with Crippen molar-refractivity contribution in [2.45, 2.75) is 45.3 Å². The van der Waals surface area contributed by atoms with Gasteiger partial charge in [0.25, 0.3) is 8.32 Å². The molecular formula is C22H28O3Si. The zero-order chi connectivity index (χ0) is 18.8. The van der Waals surface area contributed by atoms with Crippen LogP contribution in [0.2, 0.25) is 5.04 Å². The van der Waals surface area contributed by atoms with E-state index in [2.05, 4.69) is 76.2 Å². The van der Waals surface area contributed by atoms with E-state index in [9.17, 15) is 4.79 Å². The van der Waals surface area contributed by atoms with Crippen molar-refractivity contribution in [3.05, 3.63) is 60.7 Å². The molecule has 1 saturated heterocycles. The first kappa shape index (κ1) is 18.9. The van der Waals surface area contributed by atoms with Gasteiger partial charge in [-0.05, 0) is 15.4 Å². The van der Waals surface area contributed by atoms with Gasteiger partial charge in [-0.2, -0.15) is 0 Å². The Hall–Kier alpha value is -1.91. The molecule has 0 aromatic heterocycles. The third-order valence-electron chi connectivity index (χ3n) is 5.29. The summed E-state index contributed by atoms with van der Waals surface area (Å²) in [5, 5.41) is 2.42. The van der Waals surface area contributed by atoms with Crippen LogP contribution in [0.1, 0.15) is 34.1 Å². The van der Waals surface area contributed by atoms with Gasteiger partial charge in [0.2, 0.25) is 0 Å². The van der Waals surface area contributed by atoms with Crippen LogP contribution in [0.5, 0.6) is 0 Å². The van der Waals surface area contributed by atoms with Gasteiger partial charge in [-0.1, -0.05) is 88.4 Å². The van der Waals surface area contributed by atoms with Gasteiger partial charge >= 0.3 is 5.97 Å². The van der Waals surface area contributed by atoms with Gasteiger partial charge in [-0.15, -0.1) is 0 Å². The van der Waals surface area contributed by atoms with E-state index in [1.807, 2.05) is 12.1 Å². The number of esters is 1. The number of hydrogen-bond acceptors (Lipinski definition) is 3. The quantitative estimate of drug-likeness (QED) is 0.598. The fourth-order valence-corrected chi connectivity index (χ4v) is 8.46. The second-order valence-electron chi connectivity index (χ2n) is 8.18. The highest BCUT2D eigenvalue weighted by atomic mass is 28.4. The van der Waals surface area contributed by atoms with E-state index >= 15 is 0 Å². The Morgan fingerprint density at radius 2 is 1.50 bits per heavy atom. The molecule has 3 nitrogen and oxygen atoms in total. The van der Waals surface area contributed by atoms with Crippen molar-refractivity contribution in [1.82, 2.24) is 0 Å². The third kappa shape index (κ3) is 3.48. The zero-order valence-corrected chi connectivity index (χ0v) is 17.1. The van der Waals surface area contributed by atoms with Crippen molar-refractivity contribution >= 4 is 24.7 Å². The second kappa shape index (κ2) is 7.37. The third-order valence-corrected chi connectivity index (χ3v) is 10.3. The lowest BCUT2D eigenvalue weighted by molar-refractivity contribution is -0.142. The molecule has 2 unspecified atom stereocenters. The molecule has 0 amide bonds. The van der Waals surface area contributed by atoms with Gasteiger partial charge in [-0.3, -0.25) is 4.79 Å². The predicted molar refractivity (Wildman–Crippen MR) is 107 cm³/mol. The molecule has 0 N–H and O–H groups in total. The molecule has 2 aromatic carbocycles. The molecule has 2 aromatic rings. The molecule has 3 rings (SSSR count). The molecule has 1 fully saturated rings. The molecule has 0 bridgehead atoms. The number of carbonyl (C=O) groups is 1. The minimum Gasteiger partial charge on any atom is -0.460 e. The maximum Gasteiger partial charge on any atom is 0.306 e. The number of ether oxygens (including phenoxy) is 1. The first-order chi connectivity index (χ1) is 12.3. The van der Waals surface area contributed by atoms with Crippen LogP contribution in [0.3, 0.4) is 0 Å². The van der Waals surface area contributed by atoms with E-state index in [0.717, 1.165) is 0 Å². The van der Waals surface area contributed by atoms with E-state index < -0.39 is 8.32 Å². The van der Waals surface area contributed by atoms with E-state index in [4.69, 9.17) is 9.16 Å². The van der Waals surface area contributed by atoms with Crippen molar-refractivity contribution in [3.63, 3.8) is 0 Å². The SMILES string of the molecule is CC1CC(=O)OC1CO[Si](c1ccccc1)(c1ccccc1)C(C)(C)C. The summed E-state index contributed by atoms with van der Waals surface area (Å²) in [5.74, 6) is 0.0780. The van der Waals surface area contributed by atoms with Gasteiger partial charge in [-0.25, -0.2) is 0 Å². The molecular weight excluding hydrogens is 340 g/mol. The monoisotopic (exact) mass is 368 g/mol. The van der Waals surface area contributed by atoms with Crippen LogP contribution in [-0.2, 0) is 14.0 Å². The van der Waals surface area contributed by atoms with Gasteiger partial charge < -0.3 is 9.16 Å². The van der Waals surface area contributed by atoms with Crippen LogP contribution in [0.25, 0.3) is 0 Å². The standard InChI is InChI=1S/C22H28O3Si/c1-17-15-21(23)25-20(17)16-24-26(22(2,3)4,18-11-7-5-8-12-18)19-13-9-6-10-14-19/h5-14,17,20H,15-16H2,1-4H3. The zero-order valence-electron chi connectivity index (χ0n) is 16.1. The van der Waals surface area contributed by atoms with Crippen molar-refractivity contribution in [3.8, 4) is 0 Å². The van der Waals surface area contributed by atoms with E-state index in [1.54, 1.807) is 0 Å². The van der Waals surface area contributed by atoms with Crippen molar-refractivity contribution in [1.29, 1.82) is 0 Å². The summed E-state index contributed by atoms with van der Waals surface area (Å²) in [7, 11) is -2.56. The largest absolute Gasteiger partial charge is 0.460 e. The Morgan fingerprint density at radius 3 is 1.88 bits per heavy atom. The Morgan fingerprint density at radius 1 is 1.00 bits per heavy atom. The summed E-state index contributed by atoms with van der Waals surface area (Å²) < 4.78 is 12.3. The topological polar surface area (TPSA) is 35.5 Å². The minimum absolute atomic E-state index is 0.0679. The Labute approximate surface area is 157 Å². The highest BCUT2D eigenvalue weighted by Gasteiger charge is 2.51. The Balaban J connectivity index is 2.04. The molecule has 0 saturated carbocycles. The van der Waals surface area contributed by atoms with Crippen LogP contribution in [0.4, 0.5) is 0 Å². The molecule has 1 heterocycles. The molecule has 1 aliphatic rings. The van der Waals surface area contributed by atoms with Crippen LogP contribution < -0.4 is 10.4 Å². The average Bonchev–Trinajstić information content (AvgIpc) is 2.94. The highest BCUT2D eigenvalue weighted by molar-refractivity contribution is 6.99. The predicted octanol–water partition coefficient (Wildman–Crippen LogP) is 3.51. The van der Waals surface area contributed by atoms with Crippen molar-refractivity contribution < 1.29 is 14.0 Å². The number of rotatable bonds is 5. The lowest BCUT2D eigenvalue weighted by atomic mass is 10.1. The van der Waals surface area contributed by atoms with Crippen molar-refractivity contribution in [2.75, 3.05) is 6.61 Å². The van der Waals surface area contributed by atoms with Crippen LogP contribution >= 0.6 is 0 Å². The molecule has 4 heteroatoms. The molecule has 0 aliphatic carbocycles. The smallest absolute Gasteiger partial charge is 0.306 e. The molecule has 0 radical (unpaired) electrons. The van der Waals surface area contributed by atoms with Gasteiger partial charge in [0.1, 0.15) is 6.10 Å². The summed E-state index contributed by atoms with van der Waals surface area (Å²) in [5.41, 5.74) is 0. The Bertz CT molecular complexity index is 697. The maximum absolute atomic E-state index is 11.7. The van der Waals surface area contributed by atoms with E-state index in [1.165, 1.54) is 10.4 Å². The van der Waals surface area contributed by atoms with Gasteiger partial charge in [0.05, 0.1) is 13.0 Å². The summed E-state index contributed by atoms with van der Waals surface area (Å²) in [6.07, 6.45) is 0.318. The summed E-state index contributed by atoms with van der Waals surface area (Å²) >= 11 is 0. The van der Waals surface area contributed by atoms with Gasteiger partial charge in [0.15, 0.2) is 0 Å². The maximum atomic E-state index is 11.7. The lowest BCUT2D eigenvalue weighted by Crippen LogP contribution is -2.67. The van der Waals surface area contributed by atoms with Crippen molar-refractivity contribution in [2.24, 2.45) is 5.92 Å². The summed E-state index contributed by atoms with van der Waals surface area (Å²) in [6.45, 7) is 9.26. The Kier molecular flexibility index (Phi) is 5.35. The van der Waals surface area contributed by atoms with E-state index in [-0.39, 0.29) is 23.0 Å². The average molecular weight is 369 g/mol. The molecule has 1 aliphatic heterocycles. The fraction of sp³-hybridized carbons (Fsp3) is 0.409. The summed E-state index contributed by atoms with van der Waals surface area (Å²) in [4.78, 5) is 11.7. The molecule has 138 valence electrons. The lowest BCUT2D eigenvalue weighted by Gasteiger charge is -2.43. The number of hydrogen-bond donors (Lipinski definition) is 0. The summed E-state index contributed by atoms with van der Waals surface area (Å²) in [6, 6.07) is 21.1. The normalized spacial score (nSPS) is 20.8. The van der Waals surface area contributed by atoms with E-state index in [0.29, 0.717) is 13.0 Å². The highest BCUT2D eigenvalue weighted by Crippen LogP contribution is 2.37. The van der Waals surface area contributed by atoms with Gasteiger partial charge in [0, 0.05) is 5.92 Å². The van der Waals surface area contributed by atoms with Crippen LogP contribution in [0, 0.1) is 5.92 Å². The first-order valence-corrected chi connectivity index (χ1v) is 11.2. The molecule has 2 atom stereocenters. The van der Waals surface area contributed by atoms with Crippen LogP contribution in [0.15, 0.2) is 60.7 Å². The first-order valence-electron chi connectivity index (χ1n) is 9.29. The fourth-order valence-electron chi connectivity index (χ4n) is 3.89. The number of cyclic esters (lactones) is 1. The number of benzene rings is 2. The number of carbonyl (C=O) groups excluding carboxylic acids is 1. The molecule has 26 heavy (non-hydrogen) atoms. The molecule has 0 spiro atoms. The minimum atomic E-state index is -2.56. The van der Waals surface area contributed by atoms with Crippen LogP contribution in [-0.4, -0.2) is 27.0 Å².